The van der Waals surface area contributed by atoms with E-state index in [1.165, 1.54) is 27.7 Å². The smallest absolute Gasteiger partial charge is 0.246 e. The third-order valence-corrected chi connectivity index (χ3v) is 4.24. The molecule has 19 heavy (non-hydrogen) atoms. The topological polar surface area (TPSA) is 36.4 Å². The van der Waals surface area contributed by atoms with Crippen LogP contribution in [0.1, 0.15) is 0 Å². The zero-order valence-electron chi connectivity index (χ0n) is 10.6. The van der Waals surface area contributed by atoms with Crippen LogP contribution in [0.15, 0.2) is 36.9 Å². The lowest BCUT2D eigenvalue weighted by atomic mass is 10.2. The molecule has 2 aromatic rings. The number of carbonyl (C=O) groups is 1. The summed E-state index contributed by atoms with van der Waals surface area (Å²) in [5.74, 6) is 1.06. The maximum Gasteiger partial charge on any atom is 0.246 e. The Morgan fingerprint density at radius 2 is 2.00 bits per heavy atom. The third-order valence-electron chi connectivity index (χ3n) is 3.42. The molecule has 0 bridgehead atoms. The molecule has 2 heterocycles. The predicted octanol–water partition coefficient (Wildman–Crippen LogP) is 2.13. The highest BCUT2D eigenvalue weighted by Crippen LogP contribution is 2.29. The SMILES string of the molecule is C=CC(=O)N1CCN(c2nsc3ccccc23)CC1. The van der Waals surface area contributed by atoms with Gasteiger partial charge in [-0.05, 0) is 29.7 Å². The van der Waals surface area contributed by atoms with Crippen LogP contribution in [-0.2, 0) is 4.79 Å². The van der Waals surface area contributed by atoms with E-state index in [0.29, 0.717) is 0 Å². The summed E-state index contributed by atoms with van der Waals surface area (Å²) in [6.07, 6.45) is 1.38. The molecule has 3 rings (SSSR count). The minimum atomic E-state index is 0.0165. The molecular formula is C14H15N3OS. The molecule has 1 fully saturated rings. The van der Waals surface area contributed by atoms with Crippen molar-refractivity contribution in [2.75, 3.05) is 31.1 Å². The van der Waals surface area contributed by atoms with Gasteiger partial charge in [-0.2, -0.15) is 4.37 Å². The average molecular weight is 273 g/mol. The molecule has 0 radical (unpaired) electrons. The molecule has 0 saturated carbocycles. The van der Waals surface area contributed by atoms with Crippen molar-refractivity contribution in [3.05, 3.63) is 36.9 Å². The summed E-state index contributed by atoms with van der Waals surface area (Å²) in [5.41, 5.74) is 0. The molecule has 0 unspecified atom stereocenters. The van der Waals surface area contributed by atoms with E-state index in [1.807, 2.05) is 17.0 Å². The second kappa shape index (κ2) is 5.01. The highest BCUT2D eigenvalue weighted by molar-refractivity contribution is 7.13. The van der Waals surface area contributed by atoms with Crippen LogP contribution in [0.5, 0.6) is 0 Å². The van der Waals surface area contributed by atoms with Gasteiger partial charge in [0.1, 0.15) is 5.82 Å². The first-order valence-electron chi connectivity index (χ1n) is 6.30. The lowest BCUT2D eigenvalue weighted by Gasteiger charge is -2.34. The van der Waals surface area contributed by atoms with E-state index in [-0.39, 0.29) is 5.91 Å². The molecule has 1 aromatic heterocycles. The Kier molecular flexibility index (Phi) is 3.21. The molecule has 1 aliphatic heterocycles. The summed E-state index contributed by atoms with van der Waals surface area (Å²) >= 11 is 1.53. The number of rotatable bonds is 2. The molecule has 1 amide bonds. The van der Waals surface area contributed by atoms with Gasteiger partial charge in [-0.1, -0.05) is 18.7 Å². The molecule has 0 spiro atoms. The van der Waals surface area contributed by atoms with Gasteiger partial charge >= 0.3 is 0 Å². The van der Waals surface area contributed by atoms with Crippen LogP contribution in [0.2, 0.25) is 0 Å². The van der Waals surface area contributed by atoms with E-state index in [2.05, 4.69) is 28.0 Å². The first-order chi connectivity index (χ1) is 9.29. The minimum absolute atomic E-state index is 0.0165. The summed E-state index contributed by atoms with van der Waals surface area (Å²) in [4.78, 5) is 15.6. The van der Waals surface area contributed by atoms with Crippen molar-refractivity contribution in [1.82, 2.24) is 9.27 Å². The van der Waals surface area contributed by atoms with Crippen LogP contribution in [0.3, 0.4) is 0 Å². The second-order valence-electron chi connectivity index (χ2n) is 4.52. The summed E-state index contributed by atoms with van der Waals surface area (Å²) in [6.45, 7) is 6.65. The molecule has 1 aliphatic rings. The maximum absolute atomic E-state index is 11.5. The lowest BCUT2D eigenvalue weighted by molar-refractivity contribution is -0.126. The first-order valence-corrected chi connectivity index (χ1v) is 7.07. The van der Waals surface area contributed by atoms with Crippen molar-refractivity contribution in [3.63, 3.8) is 0 Å². The van der Waals surface area contributed by atoms with Gasteiger partial charge in [0.15, 0.2) is 0 Å². The van der Waals surface area contributed by atoms with Crippen molar-refractivity contribution in [2.45, 2.75) is 0 Å². The number of piperazine rings is 1. The fourth-order valence-corrected chi connectivity index (χ4v) is 3.16. The minimum Gasteiger partial charge on any atom is -0.352 e. The number of hydrogen-bond donors (Lipinski definition) is 0. The highest BCUT2D eigenvalue weighted by Gasteiger charge is 2.22. The van der Waals surface area contributed by atoms with Crippen molar-refractivity contribution in [3.8, 4) is 0 Å². The van der Waals surface area contributed by atoms with Crippen molar-refractivity contribution in [2.24, 2.45) is 0 Å². The van der Waals surface area contributed by atoms with Gasteiger partial charge in [0, 0.05) is 31.6 Å². The van der Waals surface area contributed by atoms with Gasteiger partial charge in [-0.15, -0.1) is 0 Å². The molecule has 4 nitrogen and oxygen atoms in total. The van der Waals surface area contributed by atoms with E-state index in [1.54, 1.807) is 0 Å². The Labute approximate surface area is 116 Å². The predicted molar refractivity (Wildman–Crippen MR) is 78.6 cm³/mol. The normalized spacial score (nSPS) is 15.8. The van der Waals surface area contributed by atoms with Gasteiger partial charge in [-0.25, -0.2) is 0 Å². The Balaban J connectivity index is 1.78. The molecule has 0 aliphatic carbocycles. The number of anilines is 1. The largest absolute Gasteiger partial charge is 0.352 e. The first kappa shape index (κ1) is 12.2. The number of amides is 1. The maximum atomic E-state index is 11.5. The van der Waals surface area contributed by atoms with Crippen LogP contribution in [0.25, 0.3) is 10.1 Å². The van der Waals surface area contributed by atoms with Gasteiger partial charge in [0.2, 0.25) is 5.91 Å². The zero-order valence-corrected chi connectivity index (χ0v) is 11.4. The molecule has 1 aromatic carbocycles. The van der Waals surface area contributed by atoms with Crippen LogP contribution < -0.4 is 4.90 Å². The molecule has 5 heteroatoms. The summed E-state index contributed by atoms with van der Waals surface area (Å²) in [7, 11) is 0. The number of aromatic nitrogens is 1. The molecule has 1 saturated heterocycles. The van der Waals surface area contributed by atoms with Crippen LogP contribution in [0.4, 0.5) is 5.82 Å². The van der Waals surface area contributed by atoms with Gasteiger partial charge in [-0.3, -0.25) is 4.79 Å². The van der Waals surface area contributed by atoms with Gasteiger partial charge in [0.25, 0.3) is 0 Å². The Hall–Kier alpha value is -1.88. The van der Waals surface area contributed by atoms with Crippen LogP contribution in [-0.4, -0.2) is 41.4 Å². The van der Waals surface area contributed by atoms with Crippen LogP contribution in [0, 0.1) is 0 Å². The molecular weight excluding hydrogens is 258 g/mol. The highest BCUT2D eigenvalue weighted by atomic mass is 32.1. The standard InChI is InChI=1S/C14H15N3OS/c1-2-13(18)16-7-9-17(10-8-16)14-11-5-3-4-6-12(11)19-15-14/h2-6H,1,7-10H2. The van der Waals surface area contributed by atoms with Crippen molar-refractivity contribution >= 4 is 33.3 Å². The number of nitrogens with zero attached hydrogens (tertiary/aromatic N) is 3. The van der Waals surface area contributed by atoms with E-state index in [0.717, 1.165) is 32.0 Å². The zero-order chi connectivity index (χ0) is 13.2. The van der Waals surface area contributed by atoms with E-state index in [4.69, 9.17) is 0 Å². The Morgan fingerprint density at radius 1 is 1.26 bits per heavy atom. The summed E-state index contributed by atoms with van der Waals surface area (Å²) in [6, 6.07) is 8.27. The van der Waals surface area contributed by atoms with E-state index in [9.17, 15) is 4.79 Å². The Bertz CT molecular complexity index is 614. The second-order valence-corrected chi connectivity index (χ2v) is 5.32. The number of benzene rings is 1. The third kappa shape index (κ3) is 2.21. The Morgan fingerprint density at radius 3 is 2.74 bits per heavy atom. The van der Waals surface area contributed by atoms with Crippen molar-refractivity contribution < 1.29 is 4.79 Å². The fraction of sp³-hybridized carbons (Fsp3) is 0.286. The number of carbonyl (C=O) groups excluding carboxylic acids is 1. The van der Waals surface area contributed by atoms with Gasteiger partial charge < -0.3 is 9.80 Å². The quantitative estimate of drug-likeness (QED) is 0.787. The molecule has 0 atom stereocenters. The number of fused-ring (bicyclic) bond motifs is 1. The van der Waals surface area contributed by atoms with Crippen molar-refractivity contribution in [1.29, 1.82) is 0 Å². The summed E-state index contributed by atoms with van der Waals surface area (Å²) in [5, 5.41) is 1.20. The molecule has 0 N–H and O–H groups in total. The van der Waals surface area contributed by atoms with Gasteiger partial charge in [0.05, 0.1) is 4.70 Å². The monoisotopic (exact) mass is 273 g/mol. The summed E-state index contributed by atoms with van der Waals surface area (Å²) < 4.78 is 5.76. The lowest BCUT2D eigenvalue weighted by Crippen LogP contribution is -2.48. The van der Waals surface area contributed by atoms with Crippen LogP contribution >= 0.6 is 11.5 Å². The molecule has 98 valence electrons. The van der Waals surface area contributed by atoms with E-state index < -0.39 is 0 Å². The number of hydrogen-bond acceptors (Lipinski definition) is 4. The fourth-order valence-electron chi connectivity index (χ4n) is 2.37. The van der Waals surface area contributed by atoms with E-state index >= 15 is 0 Å². The average Bonchev–Trinajstić information content (AvgIpc) is 2.90.